The summed E-state index contributed by atoms with van der Waals surface area (Å²) >= 11 is 0. The molecule has 2 aliphatic heterocycles. The molecule has 0 aromatic carbocycles. The monoisotopic (exact) mass is 597 g/mol. The van der Waals surface area contributed by atoms with Crippen LogP contribution in [0.5, 0.6) is 0 Å². The Balaban J connectivity index is 1.73. The van der Waals surface area contributed by atoms with Crippen LogP contribution in [0.3, 0.4) is 0 Å². The molecule has 2 N–H and O–H groups in total. The number of hydroxylamine groups is 4. The molecule has 0 aromatic rings. The van der Waals surface area contributed by atoms with Gasteiger partial charge in [-0.3, -0.25) is 28.8 Å². The Morgan fingerprint density at radius 3 is 1.36 bits per heavy atom. The molecule has 0 spiro atoms. The zero-order valence-corrected chi connectivity index (χ0v) is 23.7. The number of nitrogens with one attached hydrogen (secondary N) is 2. The first kappa shape index (κ1) is 33.6. The first-order valence-electron chi connectivity index (χ1n) is 13.3. The third-order valence-corrected chi connectivity index (χ3v) is 5.57. The van der Waals surface area contributed by atoms with Gasteiger partial charge in [0.25, 0.3) is 23.6 Å². The van der Waals surface area contributed by atoms with E-state index in [0.717, 1.165) is 0 Å². The van der Waals surface area contributed by atoms with E-state index in [1.54, 1.807) is 20.8 Å². The van der Waals surface area contributed by atoms with E-state index >= 15 is 0 Å². The lowest BCUT2D eigenvalue weighted by Crippen LogP contribution is -2.44. The van der Waals surface area contributed by atoms with Crippen molar-refractivity contribution in [1.82, 2.24) is 25.7 Å². The van der Waals surface area contributed by atoms with Gasteiger partial charge in [-0.2, -0.15) is 0 Å². The van der Waals surface area contributed by atoms with Gasteiger partial charge in [0.05, 0.1) is 12.8 Å². The van der Waals surface area contributed by atoms with E-state index in [9.17, 15) is 43.2 Å². The summed E-state index contributed by atoms with van der Waals surface area (Å²) in [6.45, 7) is 4.92. The minimum Gasteiger partial charge on any atom is -0.444 e. The second kappa shape index (κ2) is 15.4. The fraction of sp³-hybridized carbons (Fsp3) is 0.640. The molecule has 2 saturated heterocycles. The van der Waals surface area contributed by atoms with Crippen molar-refractivity contribution in [3.8, 4) is 0 Å². The lowest BCUT2D eigenvalue weighted by atomic mass is 10.2. The second-order valence-corrected chi connectivity index (χ2v) is 10.3. The molecule has 42 heavy (non-hydrogen) atoms. The molecule has 2 rings (SSSR count). The van der Waals surface area contributed by atoms with Crippen LogP contribution in [0.1, 0.15) is 72.1 Å². The van der Waals surface area contributed by atoms with Crippen molar-refractivity contribution in [2.45, 2.75) is 77.7 Å². The topological polar surface area (TPSA) is 215 Å². The minimum atomic E-state index is -0.925. The second-order valence-electron chi connectivity index (χ2n) is 10.3. The predicted octanol–water partition coefficient (Wildman–Crippen LogP) is -0.769. The Labute approximate surface area is 241 Å². The standard InChI is InChI=1S/C25H35N5O12/c1-25(2,3)40-24(39)28(14-12-26-16(31)4-10-22(37)41-29-18(33)6-7-19(29)34)15-13-27-17(32)5-11-23(38)42-30-20(35)8-9-21(30)36/h4-15H2,1-3H3,(H,26,31)(H,27,32). The van der Waals surface area contributed by atoms with Crippen LogP contribution in [0.15, 0.2) is 0 Å². The van der Waals surface area contributed by atoms with Crippen LogP contribution in [-0.4, -0.2) is 100 Å². The van der Waals surface area contributed by atoms with Crippen LogP contribution >= 0.6 is 0 Å². The Hall–Kier alpha value is -4.57. The summed E-state index contributed by atoms with van der Waals surface area (Å²) in [5, 5.41) is 5.84. The molecule has 2 heterocycles. The molecule has 2 aliphatic rings. The molecule has 0 radical (unpaired) electrons. The highest BCUT2D eigenvalue weighted by atomic mass is 16.7. The van der Waals surface area contributed by atoms with Crippen molar-refractivity contribution < 1.29 is 57.6 Å². The summed E-state index contributed by atoms with van der Waals surface area (Å²) in [5.41, 5.74) is -0.821. The maximum atomic E-state index is 12.6. The lowest BCUT2D eigenvalue weighted by molar-refractivity contribution is -0.197. The minimum absolute atomic E-state index is 0.0119. The van der Waals surface area contributed by atoms with Crippen LogP contribution in [0, 0.1) is 0 Å². The van der Waals surface area contributed by atoms with Gasteiger partial charge in [0.1, 0.15) is 5.60 Å². The molecule has 232 valence electrons. The number of imide groups is 2. The van der Waals surface area contributed by atoms with Gasteiger partial charge in [0.2, 0.25) is 11.8 Å². The van der Waals surface area contributed by atoms with Crippen molar-refractivity contribution in [3.05, 3.63) is 0 Å². The van der Waals surface area contributed by atoms with Crippen molar-refractivity contribution in [1.29, 1.82) is 0 Å². The number of amides is 7. The fourth-order valence-corrected chi connectivity index (χ4v) is 3.50. The maximum absolute atomic E-state index is 12.6. The molecule has 0 aromatic heterocycles. The SMILES string of the molecule is CC(C)(C)OC(=O)N(CCNC(=O)CCC(=O)ON1C(=O)CCC1=O)CCNC(=O)CCC(=O)ON1C(=O)CCC1=O. The average Bonchev–Trinajstić information content (AvgIpc) is 3.39. The van der Waals surface area contributed by atoms with E-state index in [1.807, 2.05) is 0 Å². The van der Waals surface area contributed by atoms with Gasteiger partial charge in [-0.15, -0.1) is 10.1 Å². The molecule has 0 unspecified atom stereocenters. The van der Waals surface area contributed by atoms with E-state index in [0.29, 0.717) is 10.1 Å². The molecule has 0 saturated carbocycles. The van der Waals surface area contributed by atoms with E-state index in [2.05, 4.69) is 10.6 Å². The zero-order chi connectivity index (χ0) is 31.4. The predicted molar refractivity (Wildman–Crippen MR) is 137 cm³/mol. The highest BCUT2D eigenvalue weighted by Gasteiger charge is 2.34. The molecule has 0 bridgehead atoms. The largest absolute Gasteiger partial charge is 0.444 e. The average molecular weight is 598 g/mol. The van der Waals surface area contributed by atoms with Crippen molar-refractivity contribution in [3.63, 3.8) is 0 Å². The smallest absolute Gasteiger partial charge is 0.410 e. The van der Waals surface area contributed by atoms with Crippen LogP contribution < -0.4 is 10.6 Å². The third kappa shape index (κ3) is 11.5. The zero-order valence-electron chi connectivity index (χ0n) is 23.7. The molecule has 0 aliphatic carbocycles. The van der Waals surface area contributed by atoms with E-state index in [-0.39, 0.29) is 77.5 Å². The summed E-state index contributed by atoms with van der Waals surface area (Å²) in [6, 6.07) is 0. The van der Waals surface area contributed by atoms with Gasteiger partial charge in [-0.25, -0.2) is 14.4 Å². The Morgan fingerprint density at radius 2 is 1.02 bits per heavy atom. The molecule has 17 heteroatoms. The molecular formula is C25H35N5O12. The van der Waals surface area contributed by atoms with E-state index in [4.69, 9.17) is 14.4 Å². The number of ether oxygens (including phenoxy) is 1. The summed E-state index contributed by atoms with van der Waals surface area (Å²) in [7, 11) is 0. The van der Waals surface area contributed by atoms with Gasteiger partial charge in [0.15, 0.2) is 0 Å². The normalized spacial score (nSPS) is 15.0. The van der Waals surface area contributed by atoms with E-state index in [1.165, 1.54) is 4.90 Å². The molecule has 17 nitrogen and oxygen atoms in total. The number of carbonyl (C=O) groups is 9. The quantitative estimate of drug-likeness (QED) is 0.236. The summed E-state index contributed by atoms with van der Waals surface area (Å²) < 4.78 is 5.35. The molecule has 7 amide bonds. The summed E-state index contributed by atoms with van der Waals surface area (Å²) in [5.74, 6) is -5.48. The van der Waals surface area contributed by atoms with Crippen molar-refractivity contribution in [2.75, 3.05) is 26.2 Å². The Kier molecular flexibility index (Phi) is 12.4. The number of hydrogen-bond acceptors (Lipinski definition) is 12. The Morgan fingerprint density at radius 1 is 0.667 bits per heavy atom. The number of hydrogen-bond donors (Lipinski definition) is 2. The van der Waals surface area contributed by atoms with Crippen LogP contribution in [0.2, 0.25) is 0 Å². The van der Waals surface area contributed by atoms with Gasteiger partial charge >= 0.3 is 18.0 Å². The number of carbonyl (C=O) groups excluding carboxylic acids is 9. The van der Waals surface area contributed by atoms with E-state index < -0.39 is 59.1 Å². The van der Waals surface area contributed by atoms with Crippen LogP contribution in [-0.2, 0) is 52.8 Å². The summed E-state index contributed by atoms with van der Waals surface area (Å²) in [6.07, 6.45) is -2.27. The highest BCUT2D eigenvalue weighted by molar-refractivity contribution is 6.02. The maximum Gasteiger partial charge on any atom is 0.410 e. The fourth-order valence-electron chi connectivity index (χ4n) is 3.50. The number of rotatable bonds is 14. The van der Waals surface area contributed by atoms with Gasteiger partial charge in [-0.1, -0.05) is 0 Å². The van der Waals surface area contributed by atoms with Crippen molar-refractivity contribution >= 4 is 53.5 Å². The first-order chi connectivity index (χ1) is 19.7. The lowest BCUT2D eigenvalue weighted by Gasteiger charge is -2.27. The van der Waals surface area contributed by atoms with Gasteiger partial charge in [0, 0.05) is 64.7 Å². The Bertz CT molecular complexity index is 1010. The van der Waals surface area contributed by atoms with Crippen molar-refractivity contribution in [2.24, 2.45) is 0 Å². The molecular weight excluding hydrogens is 562 g/mol. The van der Waals surface area contributed by atoms with Gasteiger partial charge in [-0.05, 0) is 20.8 Å². The third-order valence-electron chi connectivity index (χ3n) is 5.57. The summed E-state index contributed by atoms with van der Waals surface area (Å²) in [4.78, 5) is 117. The first-order valence-corrected chi connectivity index (χ1v) is 13.3. The van der Waals surface area contributed by atoms with Crippen LogP contribution in [0.4, 0.5) is 4.79 Å². The van der Waals surface area contributed by atoms with Gasteiger partial charge < -0.3 is 29.9 Å². The van der Waals surface area contributed by atoms with Crippen LogP contribution in [0.25, 0.3) is 0 Å². The molecule has 0 atom stereocenters. The highest BCUT2D eigenvalue weighted by Crippen LogP contribution is 2.14. The molecule has 2 fully saturated rings. The number of nitrogens with zero attached hydrogens (tertiary/aromatic N) is 3.